The Morgan fingerprint density at radius 3 is 2.71 bits per heavy atom. The van der Waals surface area contributed by atoms with Gasteiger partial charge < -0.3 is 4.74 Å². The monoisotopic (exact) mass is 256 g/mol. The first-order chi connectivity index (χ1) is 6.70. The van der Waals surface area contributed by atoms with Gasteiger partial charge in [-0.15, -0.1) is 0 Å². The highest BCUT2D eigenvalue weighted by atomic mass is 79.9. The molecule has 2 N–H and O–H groups in total. The lowest BCUT2D eigenvalue weighted by molar-refractivity contribution is -0.149. The van der Waals surface area contributed by atoms with Gasteiger partial charge in [-0.1, -0.05) is 34.1 Å². The fourth-order valence-electron chi connectivity index (χ4n) is 1.12. The number of methoxy groups -OCH3 is 1. The van der Waals surface area contributed by atoms with Crippen LogP contribution < -0.4 is 5.41 Å². The Kier molecular flexibility index (Phi) is 3.83. The maximum Gasteiger partial charge on any atom is 0.403 e. The summed E-state index contributed by atoms with van der Waals surface area (Å²) in [5.74, 6) is -0.501. The molecule has 0 saturated carbocycles. The quantitative estimate of drug-likeness (QED) is 0.481. The lowest BCUT2D eigenvalue weighted by Crippen LogP contribution is -2.46. The summed E-state index contributed by atoms with van der Waals surface area (Å²) >= 11 is 3.33. The van der Waals surface area contributed by atoms with Gasteiger partial charge in [-0.05, 0) is 11.6 Å². The van der Waals surface area contributed by atoms with E-state index in [-0.39, 0.29) is 5.71 Å². The van der Waals surface area contributed by atoms with Crippen molar-refractivity contribution in [3.05, 3.63) is 35.4 Å². The molecule has 4 heteroatoms. The van der Waals surface area contributed by atoms with E-state index in [4.69, 9.17) is 5.41 Å². The van der Waals surface area contributed by atoms with Crippen LogP contribution in [0.25, 0.3) is 0 Å². The minimum Gasteiger partial charge on any atom is -0.461 e. The molecular formula is C10H11BrNO2+. The zero-order valence-corrected chi connectivity index (χ0v) is 9.37. The molecule has 1 rings (SSSR count). The molecule has 0 atom stereocenters. The summed E-state index contributed by atoms with van der Waals surface area (Å²) in [5, 5.41) is 6.30. The zero-order chi connectivity index (χ0) is 10.6. The second-order valence-electron chi connectivity index (χ2n) is 2.70. The number of alkyl halides is 1. The van der Waals surface area contributed by atoms with E-state index in [1.165, 1.54) is 7.11 Å². The van der Waals surface area contributed by atoms with Crippen LogP contribution in [-0.2, 0) is 14.9 Å². The van der Waals surface area contributed by atoms with E-state index in [9.17, 15) is 4.79 Å². The van der Waals surface area contributed by atoms with Crippen molar-refractivity contribution in [2.45, 2.75) is 5.33 Å². The smallest absolute Gasteiger partial charge is 0.403 e. The summed E-state index contributed by atoms with van der Waals surface area (Å²) in [7, 11) is 1.31. The van der Waals surface area contributed by atoms with Gasteiger partial charge in [-0.3, -0.25) is 0 Å². The molecule has 14 heavy (non-hydrogen) atoms. The Bertz CT molecular complexity index is 363. The highest BCUT2D eigenvalue weighted by molar-refractivity contribution is 9.08. The molecule has 1 aromatic rings. The first-order valence-electron chi connectivity index (χ1n) is 4.05. The van der Waals surface area contributed by atoms with Crippen LogP contribution in [0, 0.1) is 0 Å². The normalized spacial score (nSPS) is 9.57. The number of benzene rings is 1. The van der Waals surface area contributed by atoms with Gasteiger partial charge in [0.25, 0.3) is 5.71 Å². The van der Waals surface area contributed by atoms with Gasteiger partial charge in [0, 0.05) is 5.33 Å². The molecule has 1 aromatic carbocycles. The van der Waals surface area contributed by atoms with Crippen molar-refractivity contribution >= 4 is 27.6 Å². The largest absolute Gasteiger partial charge is 0.461 e. The number of esters is 1. The van der Waals surface area contributed by atoms with Crippen molar-refractivity contribution < 1.29 is 14.9 Å². The molecule has 0 amide bonds. The summed E-state index contributed by atoms with van der Waals surface area (Å²) in [4.78, 5) is 11.2. The second kappa shape index (κ2) is 4.91. The van der Waals surface area contributed by atoms with Crippen molar-refractivity contribution in [1.82, 2.24) is 0 Å². The number of hydrogen-bond donors (Lipinski definition) is 1. The minimum atomic E-state index is -0.501. The number of nitrogens with two attached hydrogens (primary N) is 1. The van der Waals surface area contributed by atoms with E-state index >= 15 is 0 Å². The van der Waals surface area contributed by atoms with Gasteiger partial charge in [0.15, 0.2) is 0 Å². The molecule has 74 valence electrons. The van der Waals surface area contributed by atoms with Gasteiger partial charge in [0.1, 0.15) is 0 Å². The molecule has 0 fully saturated rings. The lowest BCUT2D eigenvalue weighted by Gasteiger charge is -2.02. The van der Waals surface area contributed by atoms with Crippen molar-refractivity contribution in [2.24, 2.45) is 0 Å². The molecule has 0 aliphatic rings. The number of carbonyl (C=O) groups excluding carboxylic acids is 1. The molecule has 0 radical (unpaired) electrons. The van der Waals surface area contributed by atoms with Crippen LogP contribution >= 0.6 is 15.9 Å². The highest BCUT2D eigenvalue weighted by Gasteiger charge is 2.20. The Balaban J connectivity index is 3.06. The third-order valence-electron chi connectivity index (χ3n) is 1.86. The van der Waals surface area contributed by atoms with E-state index in [1.807, 2.05) is 18.2 Å². The molecule has 0 bridgehead atoms. The summed E-state index contributed by atoms with van der Waals surface area (Å²) in [6, 6.07) is 7.42. The Hall–Kier alpha value is -1.16. The van der Waals surface area contributed by atoms with Gasteiger partial charge in [0.2, 0.25) is 0 Å². The molecule has 0 aliphatic carbocycles. The predicted molar refractivity (Wildman–Crippen MR) is 57.1 cm³/mol. The van der Waals surface area contributed by atoms with E-state index in [1.54, 1.807) is 6.07 Å². The predicted octanol–water partition coefficient (Wildman–Crippen LogP) is 0.303. The van der Waals surface area contributed by atoms with E-state index < -0.39 is 5.97 Å². The lowest BCUT2D eigenvalue weighted by atomic mass is 10.0. The van der Waals surface area contributed by atoms with Crippen LogP contribution in [-0.4, -0.2) is 18.8 Å². The number of hydrogen-bond acceptors (Lipinski definition) is 2. The molecule has 0 saturated heterocycles. The van der Waals surface area contributed by atoms with E-state index in [0.717, 1.165) is 11.1 Å². The van der Waals surface area contributed by atoms with Crippen molar-refractivity contribution in [1.29, 1.82) is 0 Å². The standard InChI is InChI=1S/C10H10BrNO2/c1-14-10(13)9(12)8-5-3-2-4-7(8)6-11/h2-5,12H,6H2,1H3/p+1. The van der Waals surface area contributed by atoms with Crippen LogP contribution in [0.5, 0.6) is 0 Å². The van der Waals surface area contributed by atoms with E-state index in [2.05, 4.69) is 20.7 Å². The van der Waals surface area contributed by atoms with Crippen molar-refractivity contribution in [2.75, 3.05) is 7.11 Å². The van der Waals surface area contributed by atoms with Gasteiger partial charge >= 0.3 is 5.97 Å². The van der Waals surface area contributed by atoms with Gasteiger partial charge in [-0.2, -0.15) is 0 Å². The second-order valence-corrected chi connectivity index (χ2v) is 3.26. The first kappa shape index (κ1) is 10.9. The fourth-order valence-corrected chi connectivity index (χ4v) is 1.61. The number of ether oxygens (including phenoxy) is 1. The number of carbonyl (C=O) groups is 1. The van der Waals surface area contributed by atoms with Crippen LogP contribution in [0.3, 0.4) is 0 Å². The molecule has 3 nitrogen and oxygen atoms in total. The maximum absolute atomic E-state index is 11.2. The fraction of sp³-hybridized carbons (Fsp3) is 0.200. The molecule has 0 aliphatic heterocycles. The first-order valence-corrected chi connectivity index (χ1v) is 5.17. The number of rotatable bonds is 3. The summed E-state index contributed by atoms with van der Waals surface area (Å²) in [6.07, 6.45) is 0. The average molecular weight is 257 g/mol. The minimum absolute atomic E-state index is 0.141. The Morgan fingerprint density at radius 1 is 1.50 bits per heavy atom. The van der Waals surface area contributed by atoms with E-state index in [0.29, 0.717) is 5.33 Å². The Labute approximate surface area is 90.7 Å². The summed E-state index contributed by atoms with van der Waals surface area (Å²) < 4.78 is 4.55. The summed E-state index contributed by atoms with van der Waals surface area (Å²) in [6.45, 7) is 0. The molecular weight excluding hydrogens is 246 g/mol. The third kappa shape index (κ3) is 2.20. The average Bonchev–Trinajstić information content (AvgIpc) is 2.26. The maximum atomic E-state index is 11.2. The SMILES string of the molecule is COC(=O)C(=[NH2+])c1ccccc1CBr. The van der Waals surface area contributed by atoms with Gasteiger partial charge in [-0.25, -0.2) is 10.2 Å². The molecule has 0 aromatic heterocycles. The van der Waals surface area contributed by atoms with Crippen molar-refractivity contribution in [3.8, 4) is 0 Å². The highest BCUT2D eigenvalue weighted by Crippen LogP contribution is 2.12. The van der Waals surface area contributed by atoms with Gasteiger partial charge in [0.05, 0.1) is 12.7 Å². The molecule has 0 spiro atoms. The molecule has 0 heterocycles. The van der Waals surface area contributed by atoms with Crippen molar-refractivity contribution in [3.63, 3.8) is 0 Å². The van der Waals surface area contributed by atoms with Crippen LogP contribution in [0.1, 0.15) is 11.1 Å². The third-order valence-corrected chi connectivity index (χ3v) is 2.46. The topological polar surface area (TPSA) is 51.9 Å². The number of halogens is 1. The van der Waals surface area contributed by atoms with Crippen LogP contribution in [0.15, 0.2) is 24.3 Å². The van der Waals surface area contributed by atoms with Crippen LogP contribution in [0.4, 0.5) is 0 Å². The zero-order valence-electron chi connectivity index (χ0n) is 7.79. The molecule has 0 unspecified atom stereocenters. The summed E-state index contributed by atoms with van der Waals surface area (Å²) in [5.41, 5.74) is 1.83. The Morgan fingerprint density at radius 2 is 2.14 bits per heavy atom. The van der Waals surface area contributed by atoms with Crippen LogP contribution in [0.2, 0.25) is 0 Å².